The van der Waals surface area contributed by atoms with Crippen LogP contribution in [0.1, 0.15) is 50.1 Å². The van der Waals surface area contributed by atoms with E-state index >= 15 is 0 Å². The largest absolute Gasteiger partial charge is 0.310 e. The van der Waals surface area contributed by atoms with Crippen molar-refractivity contribution in [1.29, 1.82) is 0 Å². The normalized spacial score (nSPS) is 13.4. The Balaban J connectivity index is 2.57. The molecule has 0 saturated carbocycles. The molecule has 86 valence electrons. The summed E-state index contributed by atoms with van der Waals surface area (Å²) >= 11 is 1.85. The van der Waals surface area contributed by atoms with E-state index in [-0.39, 0.29) is 0 Å². The predicted octanol–water partition coefficient (Wildman–Crippen LogP) is 4.14. The molecule has 1 N–H and O–H groups in total. The van der Waals surface area contributed by atoms with Gasteiger partial charge in [-0.05, 0) is 49.2 Å². The van der Waals surface area contributed by atoms with E-state index in [1.165, 1.54) is 23.3 Å². The van der Waals surface area contributed by atoms with Crippen molar-refractivity contribution in [2.24, 2.45) is 5.92 Å². The molecule has 0 saturated heterocycles. The van der Waals surface area contributed by atoms with Gasteiger partial charge in [0.15, 0.2) is 0 Å². The minimum Gasteiger partial charge on any atom is -0.310 e. The Morgan fingerprint density at radius 1 is 1.33 bits per heavy atom. The van der Waals surface area contributed by atoms with Crippen LogP contribution in [0.4, 0.5) is 0 Å². The van der Waals surface area contributed by atoms with E-state index in [1.807, 2.05) is 11.3 Å². The Kier molecular flexibility index (Phi) is 5.34. The molecule has 1 aromatic rings. The third kappa shape index (κ3) is 4.35. The first kappa shape index (κ1) is 12.7. The van der Waals surface area contributed by atoms with Crippen LogP contribution < -0.4 is 5.32 Å². The van der Waals surface area contributed by atoms with Crippen molar-refractivity contribution in [3.63, 3.8) is 0 Å². The summed E-state index contributed by atoms with van der Waals surface area (Å²) in [6, 6.07) is 2.88. The number of nitrogens with one attached hydrogen (secondary N) is 1. The minimum atomic E-state index is 0.558. The number of hydrogen-bond acceptors (Lipinski definition) is 2. The first-order valence-corrected chi connectivity index (χ1v) is 6.79. The summed E-state index contributed by atoms with van der Waals surface area (Å²) in [5, 5.41) is 5.87. The minimum absolute atomic E-state index is 0.558. The molecular weight excluding hydrogens is 202 g/mol. The van der Waals surface area contributed by atoms with Gasteiger partial charge in [0.05, 0.1) is 0 Å². The van der Waals surface area contributed by atoms with E-state index in [1.54, 1.807) is 0 Å². The van der Waals surface area contributed by atoms with E-state index in [2.05, 4.69) is 44.5 Å². The second-order valence-electron chi connectivity index (χ2n) is 4.57. The van der Waals surface area contributed by atoms with Gasteiger partial charge in [-0.3, -0.25) is 0 Å². The molecule has 1 atom stereocenters. The molecule has 1 nitrogen and oxygen atoms in total. The molecule has 0 aliphatic heterocycles. The summed E-state index contributed by atoms with van der Waals surface area (Å²) in [5.41, 5.74) is 1.47. The van der Waals surface area contributed by atoms with Gasteiger partial charge in [0.2, 0.25) is 0 Å². The van der Waals surface area contributed by atoms with Crippen LogP contribution in [0.3, 0.4) is 0 Å². The summed E-state index contributed by atoms with van der Waals surface area (Å²) < 4.78 is 0. The Morgan fingerprint density at radius 2 is 2.07 bits per heavy atom. The summed E-state index contributed by atoms with van der Waals surface area (Å²) in [5.74, 6) is 0.797. The van der Waals surface area contributed by atoms with E-state index in [4.69, 9.17) is 0 Å². The van der Waals surface area contributed by atoms with Gasteiger partial charge < -0.3 is 5.32 Å². The number of hydrogen-bond donors (Lipinski definition) is 1. The standard InChI is InChI=1S/C13H23NS/c1-5-14-13(7-6-10(2)3)12-8-11(4)15-9-12/h8-10,13-14H,5-7H2,1-4H3. The smallest absolute Gasteiger partial charge is 0.0328 e. The lowest BCUT2D eigenvalue weighted by Gasteiger charge is -2.17. The molecule has 2 heteroatoms. The molecule has 1 aromatic heterocycles. The van der Waals surface area contributed by atoms with Crippen LogP contribution in [0.25, 0.3) is 0 Å². The molecular formula is C13H23NS. The predicted molar refractivity (Wildman–Crippen MR) is 69.5 cm³/mol. The third-order valence-corrected chi connectivity index (χ3v) is 3.52. The molecule has 1 heterocycles. The molecule has 0 fully saturated rings. The highest BCUT2D eigenvalue weighted by molar-refractivity contribution is 7.10. The van der Waals surface area contributed by atoms with Gasteiger partial charge in [0.25, 0.3) is 0 Å². The van der Waals surface area contributed by atoms with Crippen LogP contribution in [0.5, 0.6) is 0 Å². The van der Waals surface area contributed by atoms with E-state index in [0.29, 0.717) is 6.04 Å². The van der Waals surface area contributed by atoms with Gasteiger partial charge in [-0.15, -0.1) is 11.3 Å². The van der Waals surface area contributed by atoms with Gasteiger partial charge in [-0.1, -0.05) is 20.8 Å². The number of aryl methyl sites for hydroxylation is 1. The first-order valence-electron chi connectivity index (χ1n) is 5.92. The molecule has 0 radical (unpaired) electrons. The Bertz CT molecular complexity index is 278. The summed E-state index contributed by atoms with van der Waals surface area (Å²) in [7, 11) is 0. The maximum Gasteiger partial charge on any atom is 0.0328 e. The quantitative estimate of drug-likeness (QED) is 0.767. The van der Waals surface area contributed by atoms with Gasteiger partial charge in [-0.25, -0.2) is 0 Å². The second-order valence-corrected chi connectivity index (χ2v) is 5.69. The van der Waals surface area contributed by atoms with Crippen molar-refractivity contribution in [2.75, 3.05) is 6.54 Å². The van der Waals surface area contributed by atoms with Crippen LogP contribution in [0, 0.1) is 12.8 Å². The van der Waals surface area contributed by atoms with E-state index in [0.717, 1.165) is 12.5 Å². The van der Waals surface area contributed by atoms with Crippen molar-refractivity contribution in [1.82, 2.24) is 5.32 Å². The maximum atomic E-state index is 3.57. The highest BCUT2D eigenvalue weighted by Crippen LogP contribution is 2.25. The SMILES string of the molecule is CCNC(CCC(C)C)c1csc(C)c1. The summed E-state index contributed by atoms with van der Waals surface area (Å²) in [4.78, 5) is 1.41. The molecule has 1 rings (SSSR count). The molecule has 1 unspecified atom stereocenters. The van der Waals surface area contributed by atoms with Gasteiger partial charge in [0.1, 0.15) is 0 Å². The lowest BCUT2D eigenvalue weighted by molar-refractivity contribution is 0.449. The fourth-order valence-corrected chi connectivity index (χ4v) is 2.54. The van der Waals surface area contributed by atoms with Crippen molar-refractivity contribution in [3.8, 4) is 0 Å². The fraction of sp³-hybridized carbons (Fsp3) is 0.692. The Morgan fingerprint density at radius 3 is 2.53 bits per heavy atom. The first-order chi connectivity index (χ1) is 7.13. The number of rotatable bonds is 6. The van der Waals surface area contributed by atoms with Crippen molar-refractivity contribution in [3.05, 3.63) is 21.9 Å². The molecule has 0 aromatic carbocycles. The van der Waals surface area contributed by atoms with Crippen LogP contribution in [0.15, 0.2) is 11.4 Å². The van der Waals surface area contributed by atoms with E-state index < -0.39 is 0 Å². The molecule has 0 amide bonds. The van der Waals surface area contributed by atoms with Crippen molar-refractivity contribution in [2.45, 2.75) is 46.6 Å². The van der Waals surface area contributed by atoms with E-state index in [9.17, 15) is 0 Å². The Hall–Kier alpha value is -0.340. The molecule has 0 aliphatic rings. The van der Waals surface area contributed by atoms with Gasteiger partial charge in [-0.2, -0.15) is 0 Å². The lowest BCUT2D eigenvalue weighted by Crippen LogP contribution is -2.20. The zero-order valence-corrected chi connectivity index (χ0v) is 11.2. The zero-order chi connectivity index (χ0) is 11.3. The van der Waals surface area contributed by atoms with Gasteiger partial charge in [0, 0.05) is 10.9 Å². The van der Waals surface area contributed by atoms with Crippen LogP contribution >= 0.6 is 11.3 Å². The molecule has 15 heavy (non-hydrogen) atoms. The molecule has 0 spiro atoms. The zero-order valence-electron chi connectivity index (χ0n) is 10.3. The fourth-order valence-electron chi connectivity index (χ4n) is 1.78. The van der Waals surface area contributed by atoms with Crippen LogP contribution in [-0.2, 0) is 0 Å². The second kappa shape index (κ2) is 6.29. The number of thiophene rings is 1. The van der Waals surface area contributed by atoms with Gasteiger partial charge >= 0.3 is 0 Å². The van der Waals surface area contributed by atoms with Crippen LogP contribution in [0.2, 0.25) is 0 Å². The maximum absolute atomic E-state index is 3.57. The highest BCUT2D eigenvalue weighted by Gasteiger charge is 2.11. The lowest BCUT2D eigenvalue weighted by atomic mass is 9.99. The monoisotopic (exact) mass is 225 g/mol. The van der Waals surface area contributed by atoms with Crippen LogP contribution in [-0.4, -0.2) is 6.54 Å². The topological polar surface area (TPSA) is 12.0 Å². The molecule has 0 aliphatic carbocycles. The molecule has 0 bridgehead atoms. The highest BCUT2D eigenvalue weighted by atomic mass is 32.1. The third-order valence-electron chi connectivity index (χ3n) is 2.64. The summed E-state index contributed by atoms with van der Waals surface area (Å²) in [6.45, 7) is 10.0. The average molecular weight is 225 g/mol. The van der Waals surface area contributed by atoms with Crippen molar-refractivity contribution < 1.29 is 0 Å². The average Bonchev–Trinajstić information content (AvgIpc) is 2.59. The summed E-state index contributed by atoms with van der Waals surface area (Å²) in [6.07, 6.45) is 2.55. The van der Waals surface area contributed by atoms with Crippen molar-refractivity contribution >= 4 is 11.3 Å². The Labute approximate surface area is 97.9 Å².